The van der Waals surface area contributed by atoms with E-state index in [0.717, 1.165) is 0 Å². The molecule has 2 heterocycles. The number of hydrogen-bond acceptors (Lipinski definition) is 22. The molecule has 0 saturated carbocycles. The largest absolute Gasteiger partial charge is 0.480 e. The summed E-state index contributed by atoms with van der Waals surface area (Å²) in [6, 6.07) is -3.96. The molecule has 0 aliphatic carbocycles. The summed E-state index contributed by atoms with van der Waals surface area (Å²) in [5.74, 6) is -4.28. The molecule has 2 aliphatic rings. The highest BCUT2D eigenvalue weighted by Crippen LogP contribution is 2.15. The van der Waals surface area contributed by atoms with Crippen molar-refractivity contribution in [3.63, 3.8) is 0 Å². The van der Waals surface area contributed by atoms with Gasteiger partial charge in [0.2, 0.25) is 0 Å². The van der Waals surface area contributed by atoms with Crippen LogP contribution in [-0.4, -0.2) is 170 Å². The second-order valence-electron chi connectivity index (χ2n) is 12.9. The third-order valence-electron chi connectivity index (χ3n) is 8.26. The number of carbonyl (C=O) groups excluding carboxylic acids is 8. The van der Waals surface area contributed by atoms with Crippen molar-refractivity contribution in [1.82, 2.24) is 21.3 Å². The van der Waals surface area contributed by atoms with Crippen LogP contribution in [0.15, 0.2) is 0 Å². The molecule has 25 heteroatoms. The predicted octanol–water partition coefficient (Wildman–Crippen LogP) is -1.89. The number of esters is 6. The van der Waals surface area contributed by atoms with E-state index in [2.05, 4.69) is 49.7 Å². The van der Waals surface area contributed by atoms with Gasteiger partial charge in [-0.1, -0.05) is 0 Å². The number of hydrogen-bond donors (Lipinski definition) is 7. The van der Waals surface area contributed by atoms with Crippen LogP contribution in [0.2, 0.25) is 0 Å². The summed E-state index contributed by atoms with van der Waals surface area (Å²) in [5.41, 5.74) is 11.1. The molecule has 9 N–H and O–H groups in total. The minimum atomic E-state index is -1.12. The molecule has 350 valence electrons. The average molecular weight is 883 g/mol. The van der Waals surface area contributed by atoms with Crippen LogP contribution in [0.3, 0.4) is 0 Å². The van der Waals surface area contributed by atoms with E-state index in [-0.39, 0.29) is 51.7 Å². The van der Waals surface area contributed by atoms with Gasteiger partial charge in [0.25, 0.3) is 0 Å². The molecule has 0 aromatic rings. The van der Waals surface area contributed by atoms with Crippen molar-refractivity contribution in [1.29, 1.82) is 0 Å². The van der Waals surface area contributed by atoms with Gasteiger partial charge in [-0.2, -0.15) is 0 Å². The van der Waals surface area contributed by atoms with Crippen molar-refractivity contribution in [2.24, 2.45) is 11.5 Å². The van der Waals surface area contributed by atoms with E-state index in [1.165, 1.54) is 28.4 Å². The highest BCUT2D eigenvalue weighted by atomic mass is 16.7. The van der Waals surface area contributed by atoms with E-state index in [4.69, 9.17) is 30.8 Å². The molecule has 2 amide bonds. The van der Waals surface area contributed by atoms with Crippen LogP contribution in [0.1, 0.15) is 65.2 Å². The number of nitrogens with two attached hydrogens (primary N) is 2. The number of rotatable bonds is 22. The standard InChI is InChI=1S/C18H29N3O8.C11H20N2O6.C7H13NO5/c1-3-27-18(25)14-6-10(8-21-14)28-15(22)5-4-12(19)16(23)29-11-7-13(20-9-11)17(24)26-2;1-3-19-11(17)13-8(9(14)15)6-4-5-7-12-10(16)18-2;1-11-4-13-7(10)5(8)3-6(9)12-2/h10-14,20-21H,3-9,19H2,1-2H3;8H,3-7H2,1-2H3,(H,12,16)(H,13,17)(H,14,15);5H,3-4,8H2,1-2H3. The fourth-order valence-electron chi connectivity index (χ4n) is 5.10. The van der Waals surface area contributed by atoms with Gasteiger partial charge in [-0.25, -0.2) is 14.4 Å². The van der Waals surface area contributed by atoms with Crippen LogP contribution in [0, 0.1) is 0 Å². The molecule has 2 fully saturated rings. The summed E-state index contributed by atoms with van der Waals surface area (Å²) in [6.07, 6.45) is -0.328. The molecule has 7 unspecified atom stereocenters. The van der Waals surface area contributed by atoms with Crippen molar-refractivity contribution < 1.29 is 90.9 Å². The maximum Gasteiger partial charge on any atom is 0.407 e. The van der Waals surface area contributed by atoms with Crippen molar-refractivity contribution >= 4 is 54.0 Å². The molecule has 2 rings (SSSR count). The molecular formula is C36H62N6O19. The Bertz CT molecular complexity index is 1400. The molecule has 0 spiro atoms. The zero-order valence-electron chi connectivity index (χ0n) is 35.4. The second kappa shape index (κ2) is 32.4. The van der Waals surface area contributed by atoms with Crippen LogP contribution in [-0.2, 0) is 76.2 Å². The Hall–Kier alpha value is -5.37. The summed E-state index contributed by atoms with van der Waals surface area (Å²) in [4.78, 5) is 101. The second-order valence-corrected chi connectivity index (χ2v) is 12.9. The first-order chi connectivity index (χ1) is 29.0. The van der Waals surface area contributed by atoms with E-state index < -0.39 is 90.4 Å². The van der Waals surface area contributed by atoms with Gasteiger partial charge in [0.05, 0.1) is 41.0 Å². The van der Waals surface area contributed by atoms with Crippen molar-refractivity contribution in [3.8, 4) is 0 Å². The summed E-state index contributed by atoms with van der Waals surface area (Å²) in [7, 11) is 5.14. The van der Waals surface area contributed by atoms with Crippen molar-refractivity contribution in [2.45, 2.75) is 108 Å². The number of nitrogens with one attached hydrogen (secondary N) is 4. The van der Waals surface area contributed by atoms with Gasteiger partial charge in [0, 0.05) is 46.0 Å². The number of carboxylic acids is 1. The molecule has 2 aliphatic heterocycles. The lowest BCUT2D eigenvalue weighted by atomic mass is 10.1. The Kier molecular flexibility index (Phi) is 29.6. The normalized spacial score (nSPS) is 19.0. The predicted molar refractivity (Wildman–Crippen MR) is 207 cm³/mol. The maximum absolute atomic E-state index is 12.1. The van der Waals surface area contributed by atoms with E-state index >= 15 is 0 Å². The minimum absolute atomic E-state index is 0.0510. The van der Waals surface area contributed by atoms with Gasteiger partial charge < -0.3 is 80.5 Å². The van der Waals surface area contributed by atoms with Crippen LogP contribution < -0.4 is 32.7 Å². The zero-order valence-corrected chi connectivity index (χ0v) is 35.4. The SMILES string of the molecule is CCOC(=O)C1CC(OC(=O)CCC(N)C(=O)OC2CNC(C(=O)OC)C2)CN1.CCOC(=O)NC(CCCCNC(=O)OC)C(=O)O.COCOC(=O)C(N)CC(=O)OC. The number of carbonyl (C=O) groups is 9. The lowest BCUT2D eigenvalue weighted by Gasteiger charge is -2.16. The van der Waals surface area contributed by atoms with Crippen LogP contribution in [0.4, 0.5) is 9.59 Å². The summed E-state index contributed by atoms with van der Waals surface area (Å²) in [5, 5.41) is 19.5. The molecular weight excluding hydrogens is 820 g/mol. The van der Waals surface area contributed by atoms with Crippen LogP contribution in [0.25, 0.3) is 0 Å². The number of unbranched alkanes of at least 4 members (excludes halogenated alkanes) is 1. The third-order valence-corrected chi connectivity index (χ3v) is 8.26. The molecule has 0 aromatic carbocycles. The van der Waals surface area contributed by atoms with E-state index in [1.807, 2.05) is 0 Å². The zero-order chi connectivity index (χ0) is 46.3. The fraction of sp³-hybridized carbons (Fsp3) is 0.750. The maximum atomic E-state index is 12.1. The lowest BCUT2D eigenvalue weighted by Crippen LogP contribution is -2.41. The molecule has 61 heavy (non-hydrogen) atoms. The summed E-state index contributed by atoms with van der Waals surface area (Å²) >= 11 is 0. The van der Waals surface area contributed by atoms with Gasteiger partial charge in [0.15, 0.2) is 6.79 Å². The minimum Gasteiger partial charge on any atom is -0.480 e. The summed E-state index contributed by atoms with van der Waals surface area (Å²) in [6.45, 7) is 4.73. The number of alkyl carbamates (subject to hydrolysis) is 2. The van der Waals surface area contributed by atoms with Gasteiger partial charge in [-0.05, 0) is 39.5 Å². The Morgan fingerprint density at radius 2 is 1.30 bits per heavy atom. The quantitative estimate of drug-likeness (QED) is 0.0271. The van der Waals surface area contributed by atoms with Gasteiger partial charge >= 0.3 is 54.0 Å². The Balaban J connectivity index is 0.000000970. The van der Waals surface area contributed by atoms with E-state index in [9.17, 15) is 43.2 Å². The van der Waals surface area contributed by atoms with E-state index in [1.54, 1.807) is 13.8 Å². The van der Waals surface area contributed by atoms with Gasteiger partial charge in [0.1, 0.15) is 42.4 Å². The molecule has 0 bridgehead atoms. The third kappa shape index (κ3) is 25.1. The van der Waals surface area contributed by atoms with Crippen LogP contribution >= 0.6 is 0 Å². The number of amides is 2. The smallest absolute Gasteiger partial charge is 0.407 e. The van der Waals surface area contributed by atoms with E-state index in [0.29, 0.717) is 45.3 Å². The van der Waals surface area contributed by atoms with Gasteiger partial charge in [-0.3, -0.25) is 28.8 Å². The molecule has 0 aromatic heterocycles. The van der Waals surface area contributed by atoms with Crippen LogP contribution in [0.5, 0.6) is 0 Å². The van der Waals surface area contributed by atoms with Crippen molar-refractivity contribution in [2.75, 3.05) is 68.1 Å². The number of ether oxygens (including phenoxy) is 9. The topological polar surface area (TPSA) is 357 Å². The first-order valence-corrected chi connectivity index (χ1v) is 19.3. The first-order valence-electron chi connectivity index (χ1n) is 19.3. The highest BCUT2D eigenvalue weighted by Gasteiger charge is 2.35. The fourth-order valence-corrected chi connectivity index (χ4v) is 5.10. The molecule has 0 radical (unpaired) electrons. The Labute approximate surface area is 353 Å². The average Bonchev–Trinajstić information content (AvgIpc) is 3.91. The lowest BCUT2D eigenvalue weighted by molar-refractivity contribution is -0.158. The first kappa shape index (κ1) is 55.6. The molecule has 25 nitrogen and oxygen atoms in total. The molecule has 2 saturated heterocycles. The number of carboxylic acid groups (broad SMARTS) is 1. The summed E-state index contributed by atoms with van der Waals surface area (Å²) < 4.78 is 42.4. The monoisotopic (exact) mass is 882 g/mol. The number of aliphatic carboxylic acids is 1. The Morgan fingerprint density at radius 3 is 1.84 bits per heavy atom. The Morgan fingerprint density at radius 1 is 0.689 bits per heavy atom. The molecule has 7 atom stereocenters. The number of methoxy groups -OCH3 is 4. The van der Waals surface area contributed by atoms with Crippen molar-refractivity contribution in [3.05, 3.63) is 0 Å². The van der Waals surface area contributed by atoms with Gasteiger partial charge in [-0.15, -0.1) is 0 Å². The highest BCUT2D eigenvalue weighted by molar-refractivity contribution is 5.82.